The summed E-state index contributed by atoms with van der Waals surface area (Å²) in [6, 6.07) is 7.01. The molecule has 0 bridgehead atoms. The van der Waals surface area contributed by atoms with Crippen LogP contribution in [0.2, 0.25) is 0 Å². The minimum Gasteiger partial charge on any atom is -0.346 e. The molecule has 0 radical (unpaired) electrons. The van der Waals surface area contributed by atoms with Gasteiger partial charge in [-0.1, -0.05) is 13.3 Å². The number of benzene rings is 1. The van der Waals surface area contributed by atoms with Crippen molar-refractivity contribution in [3.8, 4) is 0 Å². The smallest absolute Gasteiger partial charge is 0.321 e. The lowest BCUT2D eigenvalue weighted by atomic mass is 9.95. The lowest BCUT2D eigenvalue weighted by molar-refractivity contribution is -0.135. The number of hydrogen-bond donors (Lipinski definition) is 1. The topological polar surface area (TPSA) is 73.0 Å². The van der Waals surface area contributed by atoms with Crippen molar-refractivity contribution in [2.75, 3.05) is 43.9 Å². The first-order valence-electron chi connectivity index (χ1n) is 9.98. The zero-order chi connectivity index (χ0) is 20.7. The van der Waals surface area contributed by atoms with Crippen molar-refractivity contribution in [1.29, 1.82) is 0 Å². The predicted octanol–water partition coefficient (Wildman–Crippen LogP) is 3.17. The molecular formula is C21H32N4O3. The third-order valence-corrected chi connectivity index (χ3v) is 5.33. The van der Waals surface area contributed by atoms with Gasteiger partial charge in [0.2, 0.25) is 11.8 Å². The number of nitrogens with zero attached hydrogens (tertiary/aromatic N) is 3. The van der Waals surface area contributed by atoms with Crippen LogP contribution in [0.5, 0.6) is 0 Å². The van der Waals surface area contributed by atoms with Crippen LogP contribution in [0.4, 0.5) is 16.2 Å². The molecule has 1 fully saturated rings. The molecule has 2 rings (SSSR count). The van der Waals surface area contributed by atoms with Gasteiger partial charge in [-0.05, 0) is 43.5 Å². The van der Waals surface area contributed by atoms with Crippen molar-refractivity contribution < 1.29 is 14.4 Å². The first-order chi connectivity index (χ1) is 13.3. The van der Waals surface area contributed by atoms with Crippen molar-refractivity contribution in [2.24, 2.45) is 5.92 Å². The van der Waals surface area contributed by atoms with Crippen LogP contribution in [-0.4, -0.2) is 61.4 Å². The SMILES string of the molecule is CCCCN(C)C(=O)C1CCN(C(=O)Nc2ccc(N(C)C(C)=O)cc2)CC1. The van der Waals surface area contributed by atoms with Gasteiger partial charge in [0.05, 0.1) is 0 Å². The second-order valence-corrected chi connectivity index (χ2v) is 7.43. The highest BCUT2D eigenvalue weighted by molar-refractivity contribution is 5.92. The van der Waals surface area contributed by atoms with Crippen LogP contribution in [0.25, 0.3) is 0 Å². The molecule has 154 valence electrons. The van der Waals surface area contributed by atoms with Gasteiger partial charge in [-0.25, -0.2) is 4.79 Å². The summed E-state index contributed by atoms with van der Waals surface area (Å²) in [5.74, 6) is 0.153. The van der Waals surface area contributed by atoms with Crippen LogP contribution in [0.1, 0.15) is 39.5 Å². The molecule has 0 unspecified atom stereocenters. The summed E-state index contributed by atoms with van der Waals surface area (Å²) in [7, 11) is 3.57. The number of carbonyl (C=O) groups excluding carboxylic acids is 3. The fraction of sp³-hybridized carbons (Fsp3) is 0.571. The van der Waals surface area contributed by atoms with Crippen molar-refractivity contribution >= 4 is 29.2 Å². The van der Waals surface area contributed by atoms with Crippen LogP contribution in [0, 0.1) is 5.92 Å². The van der Waals surface area contributed by atoms with Gasteiger partial charge in [-0.2, -0.15) is 0 Å². The Kier molecular flexibility index (Phi) is 7.84. The summed E-state index contributed by atoms with van der Waals surface area (Å²) in [6.07, 6.45) is 3.49. The maximum Gasteiger partial charge on any atom is 0.321 e. The first-order valence-corrected chi connectivity index (χ1v) is 9.98. The van der Waals surface area contributed by atoms with Crippen LogP contribution in [0.3, 0.4) is 0 Å². The van der Waals surface area contributed by atoms with E-state index in [0.717, 1.165) is 25.1 Å². The van der Waals surface area contributed by atoms with Gasteiger partial charge in [0.1, 0.15) is 0 Å². The number of amides is 4. The zero-order valence-electron chi connectivity index (χ0n) is 17.4. The van der Waals surface area contributed by atoms with Crippen molar-refractivity contribution in [2.45, 2.75) is 39.5 Å². The van der Waals surface area contributed by atoms with Gasteiger partial charge in [0, 0.05) is 57.9 Å². The van der Waals surface area contributed by atoms with Gasteiger partial charge in [0.15, 0.2) is 0 Å². The summed E-state index contributed by atoms with van der Waals surface area (Å²) < 4.78 is 0. The molecular weight excluding hydrogens is 356 g/mol. The number of hydrogen-bond acceptors (Lipinski definition) is 3. The van der Waals surface area contributed by atoms with E-state index in [9.17, 15) is 14.4 Å². The Morgan fingerprint density at radius 3 is 2.25 bits per heavy atom. The van der Waals surface area contributed by atoms with E-state index in [2.05, 4.69) is 12.2 Å². The molecule has 28 heavy (non-hydrogen) atoms. The standard InChI is InChI=1S/C21H32N4O3/c1-5-6-13-23(3)20(27)17-11-14-25(15-12-17)21(28)22-18-7-9-19(10-8-18)24(4)16(2)26/h7-10,17H,5-6,11-15H2,1-4H3,(H,22,28). The van der Waals surface area contributed by atoms with Gasteiger partial charge in [0.25, 0.3) is 0 Å². The molecule has 0 spiro atoms. The number of urea groups is 1. The van der Waals surface area contributed by atoms with Crippen LogP contribution in [-0.2, 0) is 9.59 Å². The normalized spacial score (nSPS) is 14.5. The molecule has 0 aromatic heterocycles. The summed E-state index contributed by atoms with van der Waals surface area (Å²) in [4.78, 5) is 41.5. The average Bonchev–Trinajstić information content (AvgIpc) is 2.71. The van der Waals surface area contributed by atoms with E-state index in [4.69, 9.17) is 0 Å². The predicted molar refractivity (Wildman–Crippen MR) is 111 cm³/mol. The minimum absolute atomic E-state index is 0.00677. The number of piperidine rings is 1. The number of unbranched alkanes of at least 4 members (excludes halogenated alkanes) is 1. The molecule has 0 aliphatic carbocycles. The van der Waals surface area contributed by atoms with Crippen molar-refractivity contribution in [3.63, 3.8) is 0 Å². The van der Waals surface area contributed by atoms with Gasteiger partial charge < -0.3 is 20.0 Å². The molecule has 1 N–H and O–H groups in total. The molecule has 1 heterocycles. The number of carbonyl (C=O) groups is 3. The largest absolute Gasteiger partial charge is 0.346 e. The van der Waals surface area contributed by atoms with Crippen LogP contribution in [0.15, 0.2) is 24.3 Å². The molecule has 0 atom stereocenters. The molecule has 1 aromatic rings. The number of anilines is 2. The Morgan fingerprint density at radius 2 is 1.71 bits per heavy atom. The van der Waals surface area contributed by atoms with E-state index in [0.29, 0.717) is 31.6 Å². The van der Waals surface area contributed by atoms with Gasteiger partial charge >= 0.3 is 6.03 Å². The average molecular weight is 389 g/mol. The molecule has 7 heteroatoms. The van der Waals surface area contributed by atoms with Crippen LogP contribution >= 0.6 is 0 Å². The van der Waals surface area contributed by atoms with E-state index >= 15 is 0 Å². The summed E-state index contributed by atoms with van der Waals surface area (Å²) in [5, 5.41) is 2.89. The quantitative estimate of drug-likeness (QED) is 0.813. The third-order valence-electron chi connectivity index (χ3n) is 5.33. The first kappa shape index (κ1) is 21.7. The third kappa shape index (κ3) is 5.71. The number of likely N-dealkylation sites (tertiary alicyclic amines) is 1. The summed E-state index contributed by atoms with van der Waals surface area (Å²) >= 11 is 0. The minimum atomic E-state index is -0.155. The Morgan fingerprint density at radius 1 is 1.11 bits per heavy atom. The van der Waals surface area contributed by atoms with Gasteiger partial charge in [-0.15, -0.1) is 0 Å². The fourth-order valence-corrected chi connectivity index (χ4v) is 3.30. The molecule has 1 saturated heterocycles. The molecule has 4 amide bonds. The second-order valence-electron chi connectivity index (χ2n) is 7.43. The van der Waals surface area contributed by atoms with E-state index in [1.165, 1.54) is 6.92 Å². The number of rotatable bonds is 6. The monoisotopic (exact) mass is 388 g/mol. The molecule has 1 aromatic carbocycles. The van der Waals surface area contributed by atoms with Crippen molar-refractivity contribution in [1.82, 2.24) is 9.80 Å². The van der Waals surface area contributed by atoms with E-state index in [-0.39, 0.29) is 23.8 Å². The lowest BCUT2D eigenvalue weighted by Crippen LogP contribution is -2.45. The van der Waals surface area contributed by atoms with E-state index in [1.807, 2.05) is 11.9 Å². The molecule has 1 aliphatic heterocycles. The molecule has 7 nitrogen and oxygen atoms in total. The maximum absolute atomic E-state index is 12.5. The Hall–Kier alpha value is -2.57. The lowest BCUT2D eigenvalue weighted by Gasteiger charge is -2.33. The Bertz CT molecular complexity index is 681. The zero-order valence-corrected chi connectivity index (χ0v) is 17.4. The Labute approximate surface area is 167 Å². The van der Waals surface area contributed by atoms with E-state index < -0.39 is 0 Å². The number of nitrogens with one attached hydrogen (secondary N) is 1. The summed E-state index contributed by atoms with van der Waals surface area (Å²) in [6.45, 7) is 5.57. The fourth-order valence-electron chi connectivity index (χ4n) is 3.30. The van der Waals surface area contributed by atoms with Crippen molar-refractivity contribution in [3.05, 3.63) is 24.3 Å². The Balaban J connectivity index is 1.83. The maximum atomic E-state index is 12.5. The highest BCUT2D eigenvalue weighted by atomic mass is 16.2. The van der Waals surface area contributed by atoms with Gasteiger partial charge in [-0.3, -0.25) is 9.59 Å². The van der Waals surface area contributed by atoms with E-state index in [1.54, 1.807) is 41.1 Å². The second kappa shape index (κ2) is 10.1. The highest BCUT2D eigenvalue weighted by Gasteiger charge is 2.29. The van der Waals surface area contributed by atoms with Crippen LogP contribution < -0.4 is 10.2 Å². The molecule has 0 saturated carbocycles. The summed E-state index contributed by atoms with van der Waals surface area (Å²) in [5.41, 5.74) is 1.46. The molecule has 1 aliphatic rings. The highest BCUT2D eigenvalue weighted by Crippen LogP contribution is 2.21.